The van der Waals surface area contributed by atoms with E-state index in [1.54, 1.807) is 31.5 Å². The van der Waals surface area contributed by atoms with Crippen LogP contribution < -0.4 is 20.1 Å². The molecule has 9 nitrogen and oxygen atoms in total. The van der Waals surface area contributed by atoms with Crippen LogP contribution in [0.5, 0.6) is 11.5 Å². The van der Waals surface area contributed by atoms with Crippen molar-refractivity contribution in [3.63, 3.8) is 0 Å². The minimum atomic E-state index is -0.267. The summed E-state index contributed by atoms with van der Waals surface area (Å²) in [5, 5.41) is 15.2. The minimum absolute atomic E-state index is 0.0182. The monoisotopic (exact) mass is 440 g/mol. The first-order chi connectivity index (χ1) is 15.1. The van der Waals surface area contributed by atoms with Gasteiger partial charge in [-0.1, -0.05) is 20.8 Å². The summed E-state index contributed by atoms with van der Waals surface area (Å²) < 4.78 is 11.1. The number of amides is 1. The zero-order valence-corrected chi connectivity index (χ0v) is 19.7. The molecule has 0 aliphatic heterocycles. The highest BCUT2D eigenvalue weighted by atomic mass is 16.5. The minimum Gasteiger partial charge on any atom is -0.493 e. The third-order valence-electron chi connectivity index (χ3n) is 4.41. The molecule has 1 heterocycles. The van der Waals surface area contributed by atoms with Gasteiger partial charge in [-0.2, -0.15) is 5.26 Å². The van der Waals surface area contributed by atoms with Crippen molar-refractivity contribution in [2.45, 2.75) is 27.3 Å². The average Bonchev–Trinajstić information content (AvgIpc) is 2.75. The van der Waals surface area contributed by atoms with Gasteiger partial charge in [-0.15, -0.1) is 0 Å². The number of hydrogen-bond donors (Lipinski definition) is 2. The first-order valence-corrected chi connectivity index (χ1v) is 10.4. The van der Waals surface area contributed by atoms with Gasteiger partial charge in [0.05, 0.1) is 7.11 Å². The topological polar surface area (TPSA) is 112 Å². The predicted molar refractivity (Wildman–Crippen MR) is 123 cm³/mol. The number of ether oxygens (including phenoxy) is 2. The van der Waals surface area contributed by atoms with Crippen LogP contribution in [0.3, 0.4) is 0 Å². The second kappa shape index (κ2) is 11.3. The van der Waals surface area contributed by atoms with E-state index in [-0.39, 0.29) is 23.7 Å². The van der Waals surface area contributed by atoms with E-state index >= 15 is 0 Å². The summed E-state index contributed by atoms with van der Waals surface area (Å²) in [5.41, 5.74) is 1.16. The van der Waals surface area contributed by atoms with Gasteiger partial charge >= 0.3 is 0 Å². The fraction of sp³-hybridized carbons (Fsp3) is 0.478. The number of nitrogens with zero attached hydrogens (tertiary/aromatic N) is 4. The highest BCUT2D eigenvalue weighted by molar-refractivity contribution is 5.94. The Morgan fingerprint density at radius 3 is 2.62 bits per heavy atom. The van der Waals surface area contributed by atoms with E-state index in [9.17, 15) is 4.79 Å². The molecule has 0 fully saturated rings. The first kappa shape index (κ1) is 24.9. The van der Waals surface area contributed by atoms with Crippen LogP contribution in [0.25, 0.3) is 0 Å². The number of rotatable bonds is 10. The summed E-state index contributed by atoms with van der Waals surface area (Å²) in [6.45, 7) is 8.35. The van der Waals surface area contributed by atoms with E-state index in [2.05, 4.69) is 41.4 Å². The molecule has 0 spiro atoms. The molecule has 1 amide bonds. The number of nitriles is 1. The average molecular weight is 441 g/mol. The number of benzene rings is 1. The Morgan fingerprint density at radius 1 is 1.25 bits per heavy atom. The van der Waals surface area contributed by atoms with Gasteiger partial charge in [0.1, 0.15) is 18.5 Å². The van der Waals surface area contributed by atoms with E-state index in [0.29, 0.717) is 41.6 Å². The van der Waals surface area contributed by atoms with Gasteiger partial charge in [0, 0.05) is 37.0 Å². The van der Waals surface area contributed by atoms with Crippen molar-refractivity contribution in [3.8, 4) is 17.6 Å². The molecule has 2 aromatic rings. The van der Waals surface area contributed by atoms with E-state index in [4.69, 9.17) is 14.7 Å². The number of carbonyl (C=O) groups excluding carboxylic acids is 1. The predicted octanol–water partition coefficient (Wildman–Crippen LogP) is 2.69. The molecule has 172 valence electrons. The van der Waals surface area contributed by atoms with Crippen molar-refractivity contribution in [1.29, 1.82) is 5.26 Å². The summed E-state index contributed by atoms with van der Waals surface area (Å²) in [4.78, 5) is 23.1. The summed E-state index contributed by atoms with van der Waals surface area (Å²) in [6.07, 6.45) is 1.56. The molecule has 1 aromatic carbocycles. The number of hydrogen-bond acceptors (Lipinski definition) is 8. The van der Waals surface area contributed by atoms with E-state index in [0.717, 1.165) is 6.54 Å². The molecule has 32 heavy (non-hydrogen) atoms. The van der Waals surface area contributed by atoms with Gasteiger partial charge in [-0.25, -0.2) is 9.97 Å². The molecular weight excluding hydrogens is 408 g/mol. The molecule has 0 saturated heterocycles. The van der Waals surface area contributed by atoms with Gasteiger partial charge in [0.25, 0.3) is 5.91 Å². The molecule has 0 bridgehead atoms. The number of anilines is 1. The summed E-state index contributed by atoms with van der Waals surface area (Å²) >= 11 is 0. The Labute approximate surface area is 189 Å². The molecule has 2 rings (SSSR count). The largest absolute Gasteiger partial charge is 0.493 e. The van der Waals surface area contributed by atoms with Gasteiger partial charge in [0.2, 0.25) is 5.82 Å². The molecule has 0 unspecified atom stereocenters. The Hall–Kier alpha value is -3.38. The zero-order chi connectivity index (χ0) is 23.7. The molecule has 0 aliphatic rings. The molecule has 2 N–H and O–H groups in total. The number of carbonyl (C=O) groups is 1. The van der Waals surface area contributed by atoms with Crippen molar-refractivity contribution in [2.24, 2.45) is 5.41 Å². The van der Waals surface area contributed by atoms with Crippen LogP contribution in [0.1, 0.15) is 42.5 Å². The molecule has 0 atom stereocenters. The van der Waals surface area contributed by atoms with Crippen LogP contribution >= 0.6 is 0 Å². The van der Waals surface area contributed by atoms with E-state index < -0.39 is 0 Å². The summed E-state index contributed by atoms with van der Waals surface area (Å²) in [5.74, 6) is 1.42. The maximum absolute atomic E-state index is 12.8. The van der Waals surface area contributed by atoms with Crippen LogP contribution in [-0.2, 0) is 6.54 Å². The number of aromatic nitrogens is 2. The van der Waals surface area contributed by atoms with Crippen molar-refractivity contribution < 1.29 is 14.3 Å². The van der Waals surface area contributed by atoms with Gasteiger partial charge in [-0.3, -0.25) is 4.79 Å². The van der Waals surface area contributed by atoms with Crippen molar-refractivity contribution in [1.82, 2.24) is 20.2 Å². The molecular formula is C23H32N6O3. The van der Waals surface area contributed by atoms with Gasteiger partial charge < -0.3 is 25.0 Å². The third kappa shape index (κ3) is 7.71. The maximum Gasteiger partial charge on any atom is 0.251 e. The fourth-order valence-corrected chi connectivity index (χ4v) is 2.64. The first-order valence-electron chi connectivity index (χ1n) is 10.4. The Balaban J connectivity index is 2.12. The van der Waals surface area contributed by atoms with Crippen molar-refractivity contribution in [3.05, 3.63) is 41.3 Å². The van der Waals surface area contributed by atoms with Crippen molar-refractivity contribution >= 4 is 11.7 Å². The highest BCUT2D eigenvalue weighted by Crippen LogP contribution is 2.28. The summed E-state index contributed by atoms with van der Waals surface area (Å²) in [7, 11) is 5.48. The molecule has 0 aliphatic carbocycles. The van der Waals surface area contributed by atoms with Crippen LogP contribution in [0, 0.1) is 16.7 Å². The second-order valence-electron chi connectivity index (χ2n) is 8.79. The number of nitrogens with one attached hydrogen (secondary N) is 2. The third-order valence-corrected chi connectivity index (χ3v) is 4.41. The lowest BCUT2D eigenvalue weighted by atomic mass is 9.97. The summed E-state index contributed by atoms with van der Waals surface area (Å²) in [6, 6.07) is 7.00. The zero-order valence-electron chi connectivity index (χ0n) is 19.7. The maximum atomic E-state index is 12.8. The SMILES string of the molecule is COc1ccc(C(=O)NCc2cnc(C#N)nc2NCC(C)(C)C)cc1OCCN(C)C. The standard InChI is InChI=1S/C23H32N6O3/c1-23(2,3)15-27-21-17(13-25-20(12-24)28-21)14-26-22(30)16-7-8-18(31-6)19(11-16)32-10-9-29(4)5/h7-8,11,13H,9-10,14-15H2,1-6H3,(H,26,30)(H,25,27,28). The number of methoxy groups -OCH3 is 1. The smallest absolute Gasteiger partial charge is 0.251 e. The van der Waals surface area contributed by atoms with Crippen LogP contribution in [0.15, 0.2) is 24.4 Å². The molecule has 0 saturated carbocycles. The van der Waals surface area contributed by atoms with Crippen LogP contribution in [0.4, 0.5) is 5.82 Å². The van der Waals surface area contributed by atoms with Gasteiger partial charge in [0.15, 0.2) is 11.5 Å². The van der Waals surface area contributed by atoms with E-state index in [1.807, 2.05) is 25.1 Å². The second-order valence-corrected chi connectivity index (χ2v) is 8.79. The highest BCUT2D eigenvalue weighted by Gasteiger charge is 2.15. The lowest BCUT2D eigenvalue weighted by Crippen LogP contribution is -2.25. The lowest BCUT2D eigenvalue weighted by Gasteiger charge is -2.20. The van der Waals surface area contributed by atoms with Crippen LogP contribution in [-0.4, -0.2) is 61.7 Å². The quantitative estimate of drug-likeness (QED) is 0.580. The lowest BCUT2D eigenvalue weighted by molar-refractivity contribution is 0.0950. The molecule has 1 aromatic heterocycles. The van der Waals surface area contributed by atoms with E-state index in [1.165, 1.54) is 0 Å². The van der Waals surface area contributed by atoms with Gasteiger partial charge in [-0.05, 0) is 37.7 Å². The Bertz CT molecular complexity index is 963. The molecule has 9 heteroatoms. The molecule has 0 radical (unpaired) electrons. The Morgan fingerprint density at radius 2 is 2.00 bits per heavy atom. The normalized spacial score (nSPS) is 11.1. The Kier molecular flexibility index (Phi) is 8.79. The fourth-order valence-electron chi connectivity index (χ4n) is 2.64. The number of likely N-dealkylation sites (N-methyl/N-ethyl adjacent to an activating group) is 1. The van der Waals surface area contributed by atoms with Crippen LogP contribution in [0.2, 0.25) is 0 Å². The van der Waals surface area contributed by atoms with Crippen molar-refractivity contribution in [2.75, 3.05) is 46.2 Å².